The van der Waals surface area contributed by atoms with E-state index in [-0.39, 0.29) is 29.9 Å². The van der Waals surface area contributed by atoms with Crippen LogP contribution in [-0.4, -0.2) is 55.4 Å². The molecule has 2 amide bonds. The molecule has 2 heterocycles. The number of anilines is 1. The Bertz CT molecular complexity index is 738. The van der Waals surface area contributed by atoms with Gasteiger partial charge in [0, 0.05) is 51.3 Å². The molecule has 7 nitrogen and oxygen atoms in total. The Morgan fingerprint density at radius 1 is 0.968 bits per heavy atom. The number of halogens is 1. The summed E-state index contributed by atoms with van der Waals surface area (Å²) >= 11 is 0. The lowest BCUT2D eigenvalue weighted by atomic mass is 10.2. The van der Waals surface area contributed by atoms with Crippen LogP contribution in [0.1, 0.15) is 57.4 Å². The van der Waals surface area contributed by atoms with Crippen LogP contribution < -0.4 is 15.5 Å². The van der Waals surface area contributed by atoms with E-state index in [4.69, 9.17) is 0 Å². The molecule has 0 aromatic heterocycles. The summed E-state index contributed by atoms with van der Waals surface area (Å²) in [6, 6.07) is 8.09. The number of nitrogens with one attached hydrogen (secondary N) is 2. The van der Waals surface area contributed by atoms with E-state index in [0.717, 1.165) is 82.0 Å². The van der Waals surface area contributed by atoms with Crippen LogP contribution in [0.25, 0.3) is 0 Å². The summed E-state index contributed by atoms with van der Waals surface area (Å²) in [5.74, 6) is 1.30. The van der Waals surface area contributed by atoms with E-state index in [2.05, 4.69) is 22.5 Å². The highest BCUT2D eigenvalue weighted by Crippen LogP contribution is 2.21. The smallest absolute Gasteiger partial charge is 0.227 e. The Morgan fingerprint density at radius 2 is 1.74 bits per heavy atom. The average molecular weight is 541 g/mol. The van der Waals surface area contributed by atoms with Crippen LogP contribution in [0.15, 0.2) is 29.3 Å². The van der Waals surface area contributed by atoms with Gasteiger partial charge >= 0.3 is 0 Å². The van der Waals surface area contributed by atoms with Crippen molar-refractivity contribution >= 4 is 47.4 Å². The van der Waals surface area contributed by atoms with Crippen LogP contribution in [0, 0.1) is 0 Å². The van der Waals surface area contributed by atoms with Crippen molar-refractivity contribution in [2.24, 2.45) is 4.99 Å². The number of hydrogen-bond donors (Lipinski definition) is 2. The molecule has 0 bridgehead atoms. The highest BCUT2D eigenvalue weighted by molar-refractivity contribution is 14.0. The van der Waals surface area contributed by atoms with Crippen LogP contribution in [0.2, 0.25) is 0 Å². The van der Waals surface area contributed by atoms with Crippen molar-refractivity contribution in [2.75, 3.05) is 37.6 Å². The van der Waals surface area contributed by atoms with Crippen molar-refractivity contribution < 1.29 is 9.59 Å². The highest BCUT2D eigenvalue weighted by atomic mass is 127. The lowest BCUT2D eigenvalue weighted by molar-refractivity contribution is -0.130. The van der Waals surface area contributed by atoms with Crippen LogP contribution in [-0.2, 0) is 16.1 Å². The maximum atomic E-state index is 12.1. The Balaban J connectivity index is 0.00000341. The number of hydrogen-bond acceptors (Lipinski definition) is 3. The van der Waals surface area contributed by atoms with Crippen LogP contribution >= 0.6 is 24.0 Å². The molecule has 0 radical (unpaired) electrons. The molecule has 0 unspecified atom stereocenters. The number of carbonyl (C=O) groups is 2. The van der Waals surface area contributed by atoms with Gasteiger partial charge in [-0.2, -0.15) is 0 Å². The third kappa shape index (κ3) is 7.97. The molecule has 1 aromatic carbocycles. The molecular weight excluding hydrogens is 505 g/mol. The van der Waals surface area contributed by atoms with Gasteiger partial charge in [0.1, 0.15) is 0 Å². The molecule has 0 spiro atoms. The van der Waals surface area contributed by atoms with Crippen molar-refractivity contribution in [1.29, 1.82) is 0 Å². The molecular formula is C23H36IN5O2. The average Bonchev–Trinajstić information content (AvgIpc) is 3.08. The van der Waals surface area contributed by atoms with Crippen LogP contribution in [0.3, 0.4) is 0 Å². The van der Waals surface area contributed by atoms with Gasteiger partial charge in [-0.25, -0.2) is 4.99 Å². The Morgan fingerprint density at radius 3 is 2.45 bits per heavy atom. The molecule has 1 aromatic rings. The number of nitrogens with zero attached hydrogens (tertiary/aromatic N) is 3. The minimum atomic E-state index is 0. The summed E-state index contributed by atoms with van der Waals surface area (Å²) in [6.07, 6.45) is 6.50. The summed E-state index contributed by atoms with van der Waals surface area (Å²) in [5, 5.41) is 6.65. The molecule has 172 valence electrons. The Hall–Kier alpha value is -1.84. The summed E-state index contributed by atoms with van der Waals surface area (Å²) in [6.45, 7) is 6.73. The predicted octanol–water partition coefficient (Wildman–Crippen LogP) is 3.28. The molecule has 2 aliphatic rings. The minimum Gasteiger partial charge on any atom is -0.357 e. The van der Waals surface area contributed by atoms with Crippen molar-refractivity contribution in [1.82, 2.24) is 15.5 Å². The van der Waals surface area contributed by atoms with E-state index in [1.807, 2.05) is 34.1 Å². The molecule has 31 heavy (non-hydrogen) atoms. The number of benzene rings is 1. The number of rotatable bonds is 8. The lowest BCUT2D eigenvalue weighted by Gasteiger charge is -2.20. The molecule has 2 N–H and O–H groups in total. The van der Waals surface area contributed by atoms with E-state index in [9.17, 15) is 9.59 Å². The maximum absolute atomic E-state index is 12.1. The first kappa shape index (κ1) is 25.4. The van der Waals surface area contributed by atoms with Gasteiger partial charge in [0.25, 0.3) is 0 Å². The topological polar surface area (TPSA) is 77.0 Å². The van der Waals surface area contributed by atoms with E-state index in [1.165, 1.54) is 0 Å². The predicted molar refractivity (Wildman–Crippen MR) is 136 cm³/mol. The maximum Gasteiger partial charge on any atom is 0.227 e. The van der Waals surface area contributed by atoms with Gasteiger partial charge in [0.2, 0.25) is 11.8 Å². The molecule has 2 aliphatic heterocycles. The first-order valence-corrected chi connectivity index (χ1v) is 11.4. The second-order valence-electron chi connectivity index (χ2n) is 7.98. The second kappa shape index (κ2) is 13.5. The molecule has 2 saturated heterocycles. The summed E-state index contributed by atoms with van der Waals surface area (Å²) in [4.78, 5) is 32.5. The van der Waals surface area contributed by atoms with Gasteiger partial charge in [0.05, 0.1) is 6.54 Å². The van der Waals surface area contributed by atoms with E-state index < -0.39 is 0 Å². The normalized spacial score (nSPS) is 17.4. The third-order valence-corrected chi connectivity index (χ3v) is 5.65. The minimum absolute atomic E-state index is 0. The van der Waals surface area contributed by atoms with Crippen molar-refractivity contribution in [3.63, 3.8) is 0 Å². The first-order chi connectivity index (χ1) is 14.7. The van der Waals surface area contributed by atoms with Crippen molar-refractivity contribution in [3.8, 4) is 0 Å². The fraction of sp³-hybridized carbons (Fsp3) is 0.609. The summed E-state index contributed by atoms with van der Waals surface area (Å²) in [7, 11) is 0. The zero-order chi connectivity index (χ0) is 21.2. The van der Waals surface area contributed by atoms with Gasteiger partial charge < -0.3 is 20.4 Å². The zero-order valence-corrected chi connectivity index (χ0v) is 20.9. The summed E-state index contributed by atoms with van der Waals surface area (Å²) < 4.78 is 0. The molecule has 2 fully saturated rings. The van der Waals surface area contributed by atoms with Gasteiger partial charge in [-0.15, -0.1) is 24.0 Å². The van der Waals surface area contributed by atoms with E-state index in [1.54, 1.807) is 0 Å². The first-order valence-electron chi connectivity index (χ1n) is 11.4. The Labute approximate surface area is 203 Å². The Kier molecular flexibility index (Phi) is 11.1. The fourth-order valence-corrected chi connectivity index (χ4v) is 3.97. The standard InChI is InChI=1S/C23H35N5O2.HI/c1-2-24-23(25-14-7-16-27-15-5-3-4-8-21(27)29)26-18-19-10-12-20(13-11-19)28-17-6-9-22(28)30;/h10-13H,2-9,14-18H2,1H3,(H2,24,25,26);1H. The van der Waals surface area contributed by atoms with Crippen molar-refractivity contribution in [2.45, 2.75) is 58.4 Å². The number of carbonyl (C=O) groups excluding carboxylic acids is 2. The van der Waals surface area contributed by atoms with Crippen LogP contribution in [0.4, 0.5) is 5.69 Å². The molecule has 0 atom stereocenters. The third-order valence-electron chi connectivity index (χ3n) is 5.65. The molecule has 0 aliphatic carbocycles. The number of likely N-dealkylation sites (tertiary alicyclic amines) is 1. The molecule has 8 heteroatoms. The zero-order valence-electron chi connectivity index (χ0n) is 18.6. The highest BCUT2D eigenvalue weighted by Gasteiger charge is 2.21. The molecule has 0 saturated carbocycles. The second-order valence-corrected chi connectivity index (χ2v) is 7.98. The molecule has 3 rings (SSSR count). The van der Waals surface area contributed by atoms with Gasteiger partial charge in [-0.3, -0.25) is 9.59 Å². The SMILES string of the molecule is CCNC(=NCc1ccc(N2CCCC2=O)cc1)NCCCN1CCCCCC1=O.I. The number of aliphatic imine (C=N–C) groups is 1. The largest absolute Gasteiger partial charge is 0.357 e. The summed E-state index contributed by atoms with van der Waals surface area (Å²) in [5.41, 5.74) is 2.08. The van der Waals surface area contributed by atoms with E-state index >= 15 is 0 Å². The van der Waals surface area contributed by atoms with E-state index in [0.29, 0.717) is 25.3 Å². The van der Waals surface area contributed by atoms with Gasteiger partial charge in [-0.05, 0) is 50.3 Å². The number of amides is 2. The number of guanidine groups is 1. The fourth-order valence-electron chi connectivity index (χ4n) is 3.97. The van der Waals surface area contributed by atoms with Crippen molar-refractivity contribution in [3.05, 3.63) is 29.8 Å². The van der Waals surface area contributed by atoms with Gasteiger partial charge in [0.15, 0.2) is 5.96 Å². The van der Waals surface area contributed by atoms with Crippen LogP contribution in [0.5, 0.6) is 0 Å². The monoisotopic (exact) mass is 541 g/mol. The quantitative estimate of drug-likeness (QED) is 0.229. The van der Waals surface area contributed by atoms with Gasteiger partial charge in [-0.1, -0.05) is 18.6 Å². The lowest BCUT2D eigenvalue weighted by Crippen LogP contribution is -2.39.